The Morgan fingerprint density at radius 1 is 1.09 bits per heavy atom. The number of carbonyl (C=O) groups is 1. The van der Waals surface area contributed by atoms with Gasteiger partial charge in [-0.05, 0) is 45.7 Å². The average Bonchev–Trinajstić information content (AvgIpc) is 3.03. The van der Waals surface area contributed by atoms with Crippen molar-refractivity contribution in [2.45, 2.75) is 51.0 Å². The van der Waals surface area contributed by atoms with Crippen LogP contribution in [0.25, 0.3) is 0 Å². The van der Waals surface area contributed by atoms with Crippen LogP contribution in [0.3, 0.4) is 0 Å². The van der Waals surface area contributed by atoms with Crippen molar-refractivity contribution in [1.29, 1.82) is 0 Å². The van der Waals surface area contributed by atoms with Crippen LogP contribution in [0.15, 0.2) is 0 Å². The van der Waals surface area contributed by atoms with Crippen LogP contribution in [-0.2, 0) is 4.74 Å². The molecule has 0 aromatic rings. The van der Waals surface area contributed by atoms with Crippen molar-refractivity contribution in [3.63, 3.8) is 0 Å². The third kappa shape index (κ3) is 6.13. The monoisotopic (exact) mass is 311 g/mol. The number of urea groups is 1. The Hall–Kier alpha value is -0.810. The van der Waals surface area contributed by atoms with Gasteiger partial charge in [-0.1, -0.05) is 19.3 Å². The van der Waals surface area contributed by atoms with Crippen LogP contribution in [0.2, 0.25) is 0 Å². The van der Waals surface area contributed by atoms with Crippen LogP contribution in [0.1, 0.15) is 44.9 Å². The molecule has 22 heavy (non-hydrogen) atoms. The number of hydrogen-bond donors (Lipinski definition) is 1. The summed E-state index contributed by atoms with van der Waals surface area (Å²) in [7, 11) is 4.12. The molecule has 1 heterocycles. The second kappa shape index (κ2) is 9.36. The van der Waals surface area contributed by atoms with E-state index in [0.29, 0.717) is 12.5 Å². The van der Waals surface area contributed by atoms with Crippen molar-refractivity contribution in [3.8, 4) is 0 Å². The molecule has 2 amide bonds. The van der Waals surface area contributed by atoms with E-state index in [1.165, 1.54) is 32.1 Å². The number of likely N-dealkylation sites (N-methyl/N-ethyl adjacent to an activating group) is 1. The van der Waals surface area contributed by atoms with E-state index < -0.39 is 0 Å². The molecule has 1 N–H and O–H groups in total. The molecule has 1 saturated heterocycles. The summed E-state index contributed by atoms with van der Waals surface area (Å²) in [5.74, 6) is 0.685. The third-order valence-electron chi connectivity index (χ3n) is 4.81. The molecule has 1 atom stereocenters. The first kappa shape index (κ1) is 17.5. The van der Waals surface area contributed by atoms with Gasteiger partial charge < -0.3 is 19.9 Å². The van der Waals surface area contributed by atoms with Crippen LogP contribution in [-0.4, -0.2) is 68.8 Å². The number of carbonyl (C=O) groups excluding carboxylic acids is 1. The molecular weight excluding hydrogens is 278 g/mol. The van der Waals surface area contributed by atoms with E-state index in [1.54, 1.807) is 0 Å². The van der Waals surface area contributed by atoms with Crippen LogP contribution in [0, 0.1) is 5.92 Å². The van der Waals surface area contributed by atoms with Gasteiger partial charge in [-0.25, -0.2) is 4.79 Å². The number of amides is 2. The van der Waals surface area contributed by atoms with Crippen LogP contribution in [0.4, 0.5) is 4.79 Å². The lowest BCUT2D eigenvalue weighted by molar-refractivity contribution is 0.107. The summed E-state index contributed by atoms with van der Waals surface area (Å²) in [4.78, 5) is 16.7. The third-order valence-corrected chi connectivity index (χ3v) is 4.81. The van der Waals surface area contributed by atoms with Crippen molar-refractivity contribution < 1.29 is 9.53 Å². The van der Waals surface area contributed by atoms with E-state index in [0.717, 1.165) is 39.1 Å². The normalized spacial score (nSPS) is 23.0. The molecular formula is C17H33N3O2. The summed E-state index contributed by atoms with van der Waals surface area (Å²) in [5.41, 5.74) is 0. The van der Waals surface area contributed by atoms with Gasteiger partial charge in [0.1, 0.15) is 0 Å². The first-order chi connectivity index (χ1) is 10.6. The molecule has 128 valence electrons. The smallest absolute Gasteiger partial charge is 0.317 e. The Morgan fingerprint density at radius 2 is 1.86 bits per heavy atom. The highest BCUT2D eigenvalue weighted by molar-refractivity contribution is 5.74. The summed E-state index contributed by atoms with van der Waals surface area (Å²) in [5, 5.41) is 3.08. The quantitative estimate of drug-likeness (QED) is 0.785. The summed E-state index contributed by atoms with van der Waals surface area (Å²) in [6.45, 7) is 4.13. The first-order valence-electron chi connectivity index (χ1n) is 8.94. The molecule has 1 aliphatic carbocycles. The highest BCUT2D eigenvalue weighted by Crippen LogP contribution is 2.24. The van der Waals surface area contributed by atoms with Gasteiger partial charge in [0.05, 0.1) is 6.10 Å². The molecule has 5 nitrogen and oxygen atoms in total. The van der Waals surface area contributed by atoms with E-state index >= 15 is 0 Å². The molecule has 2 fully saturated rings. The number of ether oxygens (including phenoxy) is 1. The Kier molecular flexibility index (Phi) is 7.46. The maximum Gasteiger partial charge on any atom is 0.317 e. The van der Waals surface area contributed by atoms with E-state index in [4.69, 9.17) is 4.74 Å². The summed E-state index contributed by atoms with van der Waals surface area (Å²) in [6, 6.07) is 0.0860. The second-order valence-electron chi connectivity index (χ2n) is 7.07. The standard InChI is InChI=1S/C17H33N3O2/c1-19(2)10-11-20(14-15-7-4-3-5-8-15)17(21)18-13-16-9-6-12-22-16/h15-16H,3-14H2,1-2H3,(H,18,21). The number of nitrogens with one attached hydrogen (secondary N) is 1. The summed E-state index contributed by atoms with van der Waals surface area (Å²) >= 11 is 0. The minimum absolute atomic E-state index is 0.0860. The SMILES string of the molecule is CN(C)CCN(CC1CCCCC1)C(=O)NCC1CCCO1. The van der Waals surface area contributed by atoms with E-state index in [-0.39, 0.29) is 12.1 Å². The Bertz CT molecular complexity index is 324. The molecule has 5 heteroatoms. The highest BCUT2D eigenvalue weighted by Gasteiger charge is 2.22. The van der Waals surface area contributed by atoms with Gasteiger partial charge in [0.25, 0.3) is 0 Å². The fourth-order valence-electron chi connectivity index (χ4n) is 3.40. The molecule has 0 radical (unpaired) electrons. The fourth-order valence-corrected chi connectivity index (χ4v) is 3.40. The topological polar surface area (TPSA) is 44.8 Å². The van der Waals surface area contributed by atoms with Crippen molar-refractivity contribution in [1.82, 2.24) is 15.1 Å². The summed E-state index contributed by atoms with van der Waals surface area (Å²) < 4.78 is 5.59. The lowest BCUT2D eigenvalue weighted by atomic mass is 9.89. The highest BCUT2D eigenvalue weighted by atomic mass is 16.5. The van der Waals surface area contributed by atoms with Gasteiger partial charge in [-0.2, -0.15) is 0 Å². The minimum atomic E-state index is 0.0860. The molecule has 0 bridgehead atoms. The van der Waals surface area contributed by atoms with Crippen molar-refractivity contribution in [3.05, 3.63) is 0 Å². The van der Waals surface area contributed by atoms with Gasteiger partial charge >= 0.3 is 6.03 Å². The minimum Gasteiger partial charge on any atom is -0.376 e. The molecule has 2 rings (SSSR count). The Balaban J connectivity index is 1.79. The zero-order chi connectivity index (χ0) is 15.8. The zero-order valence-electron chi connectivity index (χ0n) is 14.4. The van der Waals surface area contributed by atoms with E-state index in [9.17, 15) is 4.79 Å². The molecule has 0 spiro atoms. The number of nitrogens with zero attached hydrogens (tertiary/aromatic N) is 2. The molecule has 1 unspecified atom stereocenters. The van der Waals surface area contributed by atoms with Crippen molar-refractivity contribution in [2.24, 2.45) is 5.92 Å². The lowest BCUT2D eigenvalue weighted by Crippen LogP contribution is -2.47. The van der Waals surface area contributed by atoms with Gasteiger partial charge in [0.2, 0.25) is 0 Å². The van der Waals surface area contributed by atoms with Crippen LogP contribution >= 0.6 is 0 Å². The Morgan fingerprint density at radius 3 is 2.50 bits per heavy atom. The first-order valence-corrected chi connectivity index (χ1v) is 8.94. The number of hydrogen-bond acceptors (Lipinski definition) is 3. The maximum atomic E-state index is 12.5. The second-order valence-corrected chi connectivity index (χ2v) is 7.07. The molecule has 0 aromatic carbocycles. The van der Waals surface area contributed by atoms with Gasteiger partial charge in [-0.15, -0.1) is 0 Å². The van der Waals surface area contributed by atoms with Gasteiger partial charge in [0.15, 0.2) is 0 Å². The van der Waals surface area contributed by atoms with Crippen molar-refractivity contribution >= 4 is 6.03 Å². The predicted octanol–water partition coefficient (Wildman–Crippen LogP) is 2.32. The van der Waals surface area contributed by atoms with Gasteiger partial charge in [-0.3, -0.25) is 0 Å². The molecule has 0 aromatic heterocycles. The van der Waals surface area contributed by atoms with E-state index in [1.807, 2.05) is 4.90 Å². The van der Waals surface area contributed by atoms with E-state index in [2.05, 4.69) is 24.3 Å². The summed E-state index contributed by atoms with van der Waals surface area (Å²) in [6.07, 6.45) is 8.96. The maximum absolute atomic E-state index is 12.5. The molecule has 1 aliphatic heterocycles. The lowest BCUT2D eigenvalue weighted by Gasteiger charge is -2.31. The molecule has 1 saturated carbocycles. The fraction of sp³-hybridized carbons (Fsp3) is 0.941. The average molecular weight is 311 g/mol. The largest absolute Gasteiger partial charge is 0.376 e. The van der Waals surface area contributed by atoms with Crippen molar-refractivity contribution in [2.75, 3.05) is 46.9 Å². The Labute approximate surface area is 135 Å². The van der Waals surface area contributed by atoms with Gasteiger partial charge in [0, 0.05) is 32.8 Å². The molecule has 2 aliphatic rings. The van der Waals surface area contributed by atoms with Crippen LogP contribution in [0.5, 0.6) is 0 Å². The predicted molar refractivity (Wildman–Crippen MR) is 89.1 cm³/mol. The van der Waals surface area contributed by atoms with Crippen LogP contribution < -0.4 is 5.32 Å². The number of rotatable bonds is 7. The zero-order valence-corrected chi connectivity index (χ0v) is 14.4.